The Morgan fingerprint density at radius 2 is 1.89 bits per heavy atom. The number of anilines is 2. The molecule has 0 saturated heterocycles. The van der Waals surface area contributed by atoms with Crippen LogP contribution in [0.5, 0.6) is 5.75 Å². The Bertz CT molecular complexity index is 1360. The minimum Gasteiger partial charge on any atom is -0.492 e. The number of benzene rings is 2. The van der Waals surface area contributed by atoms with E-state index in [4.69, 9.17) is 20.9 Å². The zero-order valence-corrected chi connectivity index (χ0v) is 21.1. The molecular formula is C23H20ClN5O4S2. The van der Waals surface area contributed by atoms with Crippen molar-refractivity contribution < 1.29 is 18.8 Å². The van der Waals surface area contributed by atoms with Gasteiger partial charge in [0.2, 0.25) is 11.0 Å². The van der Waals surface area contributed by atoms with E-state index in [1.54, 1.807) is 43.3 Å². The Kier molecular flexibility index (Phi) is 8.01. The second kappa shape index (κ2) is 11.3. The van der Waals surface area contributed by atoms with Gasteiger partial charge in [-0.05, 0) is 32.0 Å². The number of amides is 2. The quantitative estimate of drug-likeness (QED) is 0.214. The van der Waals surface area contributed by atoms with Crippen molar-refractivity contribution in [3.63, 3.8) is 0 Å². The van der Waals surface area contributed by atoms with Crippen LogP contribution in [0.4, 0.5) is 10.8 Å². The molecule has 0 fully saturated rings. The number of ether oxygens (including phenoxy) is 1. The van der Waals surface area contributed by atoms with Gasteiger partial charge < -0.3 is 14.6 Å². The van der Waals surface area contributed by atoms with Crippen molar-refractivity contribution in [2.75, 3.05) is 23.0 Å². The summed E-state index contributed by atoms with van der Waals surface area (Å²) in [6, 6.07) is 14.3. The number of thioether (sulfide) groups is 1. The molecule has 0 atom stereocenters. The fraction of sp³-hybridized carbons (Fsp3) is 0.174. The lowest BCUT2D eigenvalue weighted by atomic mass is 10.1. The predicted octanol–water partition coefficient (Wildman–Crippen LogP) is 5.54. The fourth-order valence-corrected chi connectivity index (χ4v) is 4.89. The summed E-state index contributed by atoms with van der Waals surface area (Å²) in [4.78, 5) is 25.4. The average Bonchev–Trinajstić information content (AvgIpc) is 3.45. The molecule has 0 spiro atoms. The van der Waals surface area contributed by atoms with E-state index in [2.05, 4.69) is 26.0 Å². The first kappa shape index (κ1) is 24.7. The average molecular weight is 530 g/mol. The lowest BCUT2D eigenvalue weighted by molar-refractivity contribution is -0.113. The number of aryl methyl sites for hydroxylation is 1. The van der Waals surface area contributed by atoms with E-state index >= 15 is 0 Å². The predicted molar refractivity (Wildman–Crippen MR) is 137 cm³/mol. The molecule has 2 amide bonds. The van der Waals surface area contributed by atoms with Crippen molar-refractivity contribution in [3.05, 3.63) is 64.9 Å². The molecule has 2 heterocycles. The van der Waals surface area contributed by atoms with Crippen LogP contribution in [0, 0.1) is 6.92 Å². The zero-order valence-electron chi connectivity index (χ0n) is 18.7. The highest BCUT2D eigenvalue weighted by Crippen LogP contribution is 2.32. The van der Waals surface area contributed by atoms with Gasteiger partial charge in [-0.2, -0.15) is 0 Å². The largest absolute Gasteiger partial charge is 0.492 e. The molecular weight excluding hydrogens is 510 g/mol. The van der Waals surface area contributed by atoms with Crippen LogP contribution in [0.1, 0.15) is 23.0 Å². The van der Waals surface area contributed by atoms with Crippen LogP contribution in [0.3, 0.4) is 0 Å². The molecule has 180 valence electrons. The summed E-state index contributed by atoms with van der Waals surface area (Å²) in [5.74, 6) is 0.406. The lowest BCUT2D eigenvalue weighted by Gasteiger charge is -2.10. The third-order valence-electron chi connectivity index (χ3n) is 4.63. The van der Waals surface area contributed by atoms with Gasteiger partial charge >= 0.3 is 0 Å². The van der Waals surface area contributed by atoms with Crippen molar-refractivity contribution in [3.8, 4) is 17.0 Å². The number of aromatic nitrogens is 3. The third-order valence-corrected chi connectivity index (χ3v) is 6.94. The molecule has 9 nitrogen and oxygen atoms in total. The van der Waals surface area contributed by atoms with E-state index in [-0.39, 0.29) is 22.4 Å². The number of hydrogen-bond acceptors (Lipinski definition) is 9. The van der Waals surface area contributed by atoms with Gasteiger partial charge in [-0.15, -0.1) is 10.2 Å². The molecule has 2 aromatic carbocycles. The molecule has 12 heteroatoms. The van der Waals surface area contributed by atoms with Crippen molar-refractivity contribution in [2.24, 2.45) is 0 Å². The van der Waals surface area contributed by atoms with Gasteiger partial charge in [-0.25, -0.2) is 0 Å². The normalized spacial score (nSPS) is 10.7. The molecule has 0 bridgehead atoms. The number of hydrogen-bond donors (Lipinski definition) is 2. The van der Waals surface area contributed by atoms with Gasteiger partial charge in [0.25, 0.3) is 5.91 Å². The van der Waals surface area contributed by atoms with Gasteiger partial charge in [0.15, 0.2) is 4.34 Å². The van der Waals surface area contributed by atoms with Gasteiger partial charge in [0, 0.05) is 5.56 Å². The topological polar surface area (TPSA) is 119 Å². The van der Waals surface area contributed by atoms with Gasteiger partial charge in [-0.1, -0.05) is 70.2 Å². The maximum atomic E-state index is 13.0. The van der Waals surface area contributed by atoms with Gasteiger partial charge in [0.05, 0.1) is 23.1 Å². The fourth-order valence-electron chi connectivity index (χ4n) is 3.12. The van der Waals surface area contributed by atoms with Crippen molar-refractivity contribution >= 4 is 57.3 Å². The van der Waals surface area contributed by atoms with Crippen molar-refractivity contribution in [1.29, 1.82) is 0 Å². The highest BCUT2D eigenvalue weighted by atomic mass is 35.5. The first-order chi connectivity index (χ1) is 17.0. The van der Waals surface area contributed by atoms with Crippen molar-refractivity contribution in [1.82, 2.24) is 15.4 Å². The summed E-state index contributed by atoms with van der Waals surface area (Å²) in [5, 5.41) is 18.3. The van der Waals surface area contributed by atoms with E-state index in [1.165, 1.54) is 11.8 Å². The Morgan fingerprint density at radius 1 is 1.11 bits per heavy atom. The Morgan fingerprint density at radius 3 is 2.69 bits per heavy atom. The Hall–Kier alpha value is -3.41. The maximum absolute atomic E-state index is 13.0. The van der Waals surface area contributed by atoms with Crippen LogP contribution in [-0.2, 0) is 4.79 Å². The molecule has 0 aliphatic heterocycles. The van der Waals surface area contributed by atoms with E-state index in [0.717, 1.165) is 11.3 Å². The number of nitrogens with one attached hydrogen (secondary N) is 2. The van der Waals surface area contributed by atoms with Crippen LogP contribution in [-0.4, -0.2) is 39.5 Å². The Balaban J connectivity index is 1.38. The summed E-state index contributed by atoms with van der Waals surface area (Å²) in [5.41, 5.74) is 1.79. The smallest absolute Gasteiger partial charge is 0.263 e. The summed E-state index contributed by atoms with van der Waals surface area (Å²) in [6.07, 6.45) is 0. The number of para-hydroxylation sites is 2. The van der Waals surface area contributed by atoms with E-state index < -0.39 is 5.91 Å². The molecule has 0 unspecified atom stereocenters. The zero-order chi connectivity index (χ0) is 24.8. The van der Waals surface area contributed by atoms with Gasteiger partial charge in [0.1, 0.15) is 22.8 Å². The second-order valence-corrected chi connectivity index (χ2v) is 9.64. The summed E-state index contributed by atoms with van der Waals surface area (Å²) < 4.78 is 11.3. The van der Waals surface area contributed by atoms with Crippen LogP contribution >= 0.6 is 34.7 Å². The SMILES string of the molecule is CCOc1ccccc1NC(=O)CSc1nnc(NC(=O)c2c(-c3ccccc3Cl)noc2C)s1. The van der Waals surface area contributed by atoms with Crippen LogP contribution in [0.15, 0.2) is 57.4 Å². The highest BCUT2D eigenvalue weighted by Gasteiger charge is 2.24. The molecule has 0 saturated carbocycles. The van der Waals surface area contributed by atoms with Crippen LogP contribution < -0.4 is 15.4 Å². The number of carbonyl (C=O) groups excluding carboxylic acids is 2. The van der Waals surface area contributed by atoms with Crippen LogP contribution in [0.2, 0.25) is 5.02 Å². The first-order valence-corrected chi connectivity index (χ1v) is 12.6. The Labute approximate surface area is 214 Å². The maximum Gasteiger partial charge on any atom is 0.263 e. The molecule has 0 radical (unpaired) electrons. The second-order valence-electron chi connectivity index (χ2n) is 7.04. The summed E-state index contributed by atoms with van der Waals surface area (Å²) in [6.45, 7) is 4.02. The molecule has 35 heavy (non-hydrogen) atoms. The van der Waals surface area contributed by atoms with E-state index in [1.807, 2.05) is 19.1 Å². The number of halogens is 1. The minimum atomic E-state index is -0.448. The monoisotopic (exact) mass is 529 g/mol. The summed E-state index contributed by atoms with van der Waals surface area (Å²) >= 11 is 8.63. The van der Waals surface area contributed by atoms with Crippen LogP contribution in [0.25, 0.3) is 11.3 Å². The summed E-state index contributed by atoms with van der Waals surface area (Å²) in [7, 11) is 0. The number of nitrogens with zero attached hydrogens (tertiary/aromatic N) is 3. The molecule has 4 rings (SSSR count). The molecule has 2 aromatic heterocycles. The standard InChI is InChI=1S/C23H20ClN5O4S2/c1-3-32-17-11-7-6-10-16(17)25-18(30)12-34-23-28-27-22(35-23)26-21(31)19-13(2)33-29-20(19)14-8-4-5-9-15(14)24/h4-11H,3,12H2,1-2H3,(H,25,30)(H,26,27,31). The molecule has 0 aliphatic rings. The van der Waals surface area contributed by atoms with E-state index in [0.29, 0.717) is 44.4 Å². The molecule has 2 N–H and O–H groups in total. The minimum absolute atomic E-state index is 0.116. The first-order valence-electron chi connectivity index (χ1n) is 10.5. The number of rotatable bonds is 9. The molecule has 0 aliphatic carbocycles. The number of carbonyl (C=O) groups is 2. The lowest BCUT2D eigenvalue weighted by Crippen LogP contribution is -2.14. The highest BCUT2D eigenvalue weighted by molar-refractivity contribution is 8.01. The van der Waals surface area contributed by atoms with E-state index in [9.17, 15) is 9.59 Å². The van der Waals surface area contributed by atoms with Crippen molar-refractivity contribution in [2.45, 2.75) is 18.2 Å². The van der Waals surface area contributed by atoms with Gasteiger partial charge in [-0.3, -0.25) is 14.9 Å². The molecule has 4 aromatic rings. The third kappa shape index (κ3) is 5.99.